The van der Waals surface area contributed by atoms with E-state index >= 15 is 0 Å². The molecule has 0 spiro atoms. The molecule has 0 amide bonds. The molecular formula is C13H11Cl2N3S. The third-order valence-electron chi connectivity index (χ3n) is 2.89. The molecule has 3 nitrogen and oxygen atoms in total. The molecule has 0 aliphatic carbocycles. The van der Waals surface area contributed by atoms with Crippen LogP contribution in [0.15, 0.2) is 24.4 Å². The molecule has 0 saturated carbocycles. The number of aryl methyl sites for hydroxylation is 1. The number of aromatic nitrogens is 3. The number of imidazole rings is 1. The van der Waals surface area contributed by atoms with Crippen molar-refractivity contribution in [1.82, 2.24) is 14.5 Å². The Balaban J connectivity index is 2.12. The SMILES string of the molecule is Cc1ncc(Cn2c(CCl)nc3ccc(Cl)cc32)s1. The van der Waals surface area contributed by atoms with Crippen molar-refractivity contribution in [2.75, 3.05) is 0 Å². The predicted octanol–water partition coefficient (Wildman–Crippen LogP) is 4.24. The molecule has 19 heavy (non-hydrogen) atoms. The van der Waals surface area contributed by atoms with E-state index in [1.807, 2.05) is 31.3 Å². The van der Waals surface area contributed by atoms with E-state index in [-0.39, 0.29) is 0 Å². The Labute approximate surface area is 124 Å². The normalized spacial score (nSPS) is 11.3. The fraction of sp³-hybridized carbons (Fsp3) is 0.231. The van der Waals surface area contributed by atoms with Gasteiger partial charge in [0.1, 0.15) is 5.82 Å². The standard InChI is InChI=1S/C13H11Cl2N3S/c1-8-16-6-10(19-8)7-18-12-4-9(15)2-3-11(12)17-13(18)5-14/h2-4,6H,5,7H2,1H3. The lowest BCUT2D eigenvalue weighted by molar-refractivity contribution is 0.787. The van der Waals surface area contributed by atoms with Gasteiger partial charge in [-0.3, -0.25) is 0 Å². The van der Waals surface area contributed by atoms with Crippen LogP contribution in [0.3, 0.4) is 0 Å². The van der Waals surface area contributed by atoms with Crippen LogP contribution in [-0.2, 0) is 12.4 Å². The van der Waals surface area contributed by atoms with Crippen molar-refractivity contribution in [2.45, 2.75) is 19.3 Å². The highest BCUT2D eigenvalue weighted by molar-refractivity contribution is 7.11. The van der Waals surface area contributed by atoms with Gasteiger partial charge in [0.15, 0.2) is 0 Å². The zero-order chi connectivity index (χ0) is 13.4. The molecule has 98 valence electrons. The number of thiazole rings is 1. The van der Waals surface area contributed by atoms with Gasteiger partial charge in [-0.05, 0) is 25.1 Å². The summed E-state index contributed by atoms with van der Waals surface area (Å²) in [7, 11) is 0. The average Bonchev–Trinajstić information content (AvgIpc) is 2.94. The molecule has 3 rings (SSSR count). The Morgan fingerprint density at radius 2 is 2.21 bits per heavy atom. The number of benzene rings is 1. The van der Waals surface area contributed by atoms with Crippen LogP contribution in [-0.4, -0.2) is 14.5 Å². The molecule has 1 aromatic carbocycles. The predicted molar refractivity (Wildman–Crippen MR) is 80.3 cm³/mol. The second-order valence-corrected chi connectivity index (χ2v) is 6.25. The maximum Gasteiger partial charge on any atom is 0.125 e. The van der Waals surface area contributed by atoms with Gasteiger partial charge in [0.05, 0.1) is 28.5 Å². The minimum Gasteiger partial charge on any atom is -0.322 e. The summed E-state index contributed by atoms with van der Waals surface area (Å²) in [6, 6.07) is 5.69. The topological polar surface area (TPSA) is 30.7 Å². The number of hydrogen-bond acceptors (Lipinski definition) is 3. The number of hydrogen-bond donors (Lipinski definition) is 0. The molecule has 0 radical (unpaired) electrons. The van der Waals surface area contributed by atoms with E-state index < -0.39 is 0 Å². The summed E-state index contributed by atoms with van der Waals surface area (Å²) in [5.41, 5.74) is 1.93. The Bertz CT molecular complexity index is 733. The average molecular weight is 312 g/mol. The van der Waals surface area contributed by atoms with Crippen LogP contribution >= 0.6 is 34.5 Å². The zero-order valence-electron chi connectivity index (χ0n) is 10.2. The van der Waals surface area contributed by atoms with Crippen LogP contribution in [0.1, 0.15) is 15.7 Å². The Morgan fingerprint density at radius 3 is 2.89 bits per heavy atom. The van der Waals surface area contributed by atoms with Gasteiger partial charge < -0.3 is 4.57 Å². The summed E-state index contributed by atoms with van der Waals surface area (Å²) in [4.78, 5) is 9.99. The number of fused-ring (bicyclic) bond motifs is 1. The minimum absolute atomic E-state index is 0.379. The molecule has 0 N–H and O–H groups in total. The van der Waals surface area contributed by atoms with Gasteiger partial charge in [-0.25, -0.2) is 9.97 Å². The molecule has 0 unspecified atom stereocenters. The van der Waals surface area contributed by atoms with Crippen LogP contribution in [0.4, 0.5) is 0 Å². The molecule has 2 heterocycles. The first-order chi connectivity index (χ1) is 9.17. The molecule has 0 aliphatic heterocycles. The van der Waals surface area contributed by atoms with E-state index in [4.69, 9.17) is 23.2 Å². The largest absolute Gasteiger partial charge is 0.322 e. The van der Waals surface area contributed by atoms with E-state index in [0.29, 0.717) is 10.9 Å². The fourth-order valence-electron chi connectivity index (χ4n) is 2.06. The summed E-state index contributed by atoms with van der Waals surface area (Å²) in [5, 5.41) is 1.76. The van der Waals surface area contributed by atoms with Crippen molar-refractivity contribution in [1.29, 1.82) is 0 Å². The van der Waals surface area contributed by atoms with Crippen molar-refractivity contribution in [3.05, 3.63) is 45.1 Å². The molecule has 0 fully saturated rings. The zero-order valence-corrected chi connectivity index (χ0v) is 12.6. The third kappa shape index (κ3) is 2.48. The van der Waals surface area contributed by atoms with Crippen molar-refractivity contribution in [3.63, 3.8) is 0 Å². The van der Waals surface area contributed by atoms with E-state index in [1.54, 1.807) is 11.3 Å². The monoisotopic (exact) mass is 311 g/mol. The first-order valence-electron chi connectivity index (χ1n) is 5.79. The number of nitrogens with zero attached hydrogens (tertiary/aromatic N) is 3. The maximum atomic E-state index is 6.07. The molecule has 0 bridgehead atoms. The number of rotatable bonds is 3. The summed E-state index contributed by atoms with van der Waals surface area (Å²) in [6.45, 7) is 2.73. The summed E-state index contributed by atoms with van der Waals surface area (Å²) in [5.74, 6) is 1.23. The van der Waals surface area contributed by atoms with Crippen LogP contribution in [0.2, 0.25) is 5.02 Å². The second kappa shape index (κ2) is 5.12. The first-order valence-corrected chi connectivity index (χ1v) is 7.52. The maximum absolute atomic E-state index is 6.07. The summed E-state index contributed by atoms with van der Waals surface area (Å²) < 4.78 is 2.10. The molecule has 0 aliphatic rings. The quantitative estimate of drug-likeness (QED) is 0.677. The lowest BCUT2D eigenvalue weighted by atomic mass is 10.3. The fourth-order valence-corrected chi connectivity index (χ4v) is 3.21. The van der Waals surface area contributed by atoms with Crippen molar-refractivity contribution < 1.29 is 0 Å². The van der Waals surface area contributed by atoms with Gasteiger partial charge in [-0.2, -0.15) is 0 Å². The molecule has 2 aromatic heterocycles. The van der Waals surface area contributed by atoms with E-state index in [9.17, 15) is 0 Å². The van der Waals surface area contributed by atoms with Gasteiger partial charge >= 0.3 is 0 Å². The highest BCUT2D eigenvalue weighted by atomic mass is 35.5. The molecule has 3 aromatic rings. The van der Waals surface area contributed by atoms with E-state index in [1.165, 1.54) is 4.88 Å². The highest BCUT2D eigenvalue weighted by Crippen LogP contribution is 2.24. The van der Waals surface area contributed by atoms with Crippen molar-refractivity contribution in [3.8, 4) is 0 Å². The van der Waals surface area contributed by atoms with Gasteiger partial charge in [0, 0.05) is 16.1 Å². The molecule has 6 heteroatoms. The lowest BCUT2D eigenvalue weighted by Gasteiger charge is -2.05. The van der Waals surface area contributed by atoms with Crippen LogP contribution in [0.25, 0.3) is 11.0 Å². The second-order valence-electron chi connectivity index (χ2n) is 4.23. The van der Waals surface area contributed by atoms with Crippen molar-refractivity contribution >= 4 is 45.6 Å². The van der Waals surface area contributed by atoms with E-state index in [2.05, 4.69) is 14.5 Å². The van der Waals surface area contributed by atoms with Crippen LogP contribution in [0.5, 0.6) is 0 Å². The highest BCUT2D eigenvalue weighted by Gasteiger charge is 2.11. The Morgan fingerprint density at radius 1 is 1.37 bits per heavy atom. The first kappa shape index (κ1) is 12.9. The smallest absolute Gasteiger partial charge is 0.125 e. The summed E-state index contributed by atoms with van der Waals surface area (Å²) >= 11 is 13.7. The Kier molecular flexibility index (Phi) is 3.48. The lowest BCUT2D eigenvalue weighted by Crippen LogP contribution is -2.02. The number of alkyl halides is 1. The Hall–Kier alpha value is -1.10. The van der Waals surface area contributed by atoms with Gasteiger partial charge in [-0.15, -0.1) is 22.9 Å². The summed E-state index contributed by atoms with van der Waals surface area (Å²) in [6.07, 6.45) is 1.90. The van der Waals surface area contributed by atoms with Gasteiger partial charge in [-0.1, -0.05) is 11.6 Å². The van der Waals surface area contributed by atoms with Crippen LogP contribution < -0.4 is 0 Å². The third-order valence-corrected chi connectivity index (χ3v) is 4.26. The van der Waals surface area contributed by atoms with E-state index in [0.717, 1.165) is 28.4 Å². The molecule has 0 saturated heterocycles. The van der Waals surface area contributed by atoms with Crippen molar-refractivity contribution in [2.24, 2.45) is 0 Å². The van der Waals surface area contributed by atoms with Crippen LogP contribution in [0, 0.1) is 6.92 Å². The molecule has 0 atom stereocenters. The molecular weight excluding hydrogens is 301 g/mol. The van der Waals surface area contributed by atoms with Gasteiger partial charge in [0.25, 0.3) is 0 Å². The van der Waals surface area contributed by atoms with Gasteiger partial charge in [0.2, 0.25) is 0 Å². The minimum atomic E-state index is 0.379. The number of halogens is 2.